The monoisotopic (exact) mass is 178 g/mol. The molecule has 0 aromatic carbocycles. The number of nitrogens with zero attached hydrogens (tertiary/aromatic N) is 1. The number of carbonyl (C=O) groups excluding carboxylic acids is 2. The molecule has 0 aromatic heterocycles. The second kappa shape index (κ2) is 4.25. The fourth-order valence-corrected chi connectivity index (χ4v) is 0.846. The van der Waals surface area contributed by atoms with E-state index in [9.17, 15) is 9.59 Å². The van der Waals surface area contributed by atoms with Gasteiger partial charge in [0.05, 0.1) is 0 Å². The van der Waals surface area contributed by atoms with Crippen molar-refractivity contribution in [1.29, 1.82) is 0 Å². The molecule has 13 heavy (non-hydrogen) atoms. The van der Waals surface area contributed by atoms with Crippen molar-refractivity contribution in [3.8, 4) is 0 Å². The lowest BCUT2D eigenvalue weighted by molar-refractivity contribution is -0.115. The van der Waals surface area contributed by atoms with E-state index in [4.69, 9.17) is 0 Å². The van der Waals surface area contributed by atoms with Crippen molar-refractivity contribution < 1.29 is 9.59 Å². The average Bonchev–Trinajstić information content (AvgIpc) is 2.19. The van der Waals surface area contributed by atoms with Crippen molar-refractivity contribution in [3.63, 3.8) is 0 Å². The molecule has 4 nitrogen and oxygen atoms in total. The lowest BCUT2D eigenvalue weighted by Crippen LogP contribution is -2.39. The summed E-state index contributed by atoms with van der Waals surface area (Å²) in [7, 11) is 0. The summed E-state index contributed by atoms with van der Waals surface area (Å²) in [6.07, 6.45) is 8.03. The Labute approximate surface area is 76.2 Å². The van der Waals surface area contributed by atoms with Crippen LogP contribution in [-0.2, 0) is 4.79 Å². The fraction of sp³-hybridized carbons (Fsp3) is 0.111. The molecule has 0 aliphatic carbocycles. The molecule has 0 radical (unpaired) electrons. The van der Waals surface area contributed by atoms with Gasteiger partial charge >= 0.3 is 6.03 Å². The Morgan fingerprint density at radius 3 is 2.77 bits per heavy atom. The maximum atomic E-state index is 11.2. The minimum atomic E-state index is -0.493. The number of amides is 3. The molecule has 0 saturated carbocycles. The van der Waals surface area contributed by atoms with Gasteiger partial charge in [-0.2, -0.15) is 0 Å². The summed E-state index contributed by atoms with van der Waals surface area (Å²) in [5.74, 6) is -0.493. The van der Waals surface area contributed by atoms with Crippen LogP contribution >= 0.6 is 0 Å². The molecule has 0 unspecified atom stereocenters. The molecule has 0 aromatic rings. The van der Waals surface area contributed by atoms with Crippen molar-refractivity contribution >= 4 is 11.9 Å². The van der Waals surface area contributed by atoms with Crippen LogP contribution in [0.15, 0.2) is 37.1 Å². The van der Waals surface area contributed by atoms with Crippen molar-refractivity contribution in [3.05, 3.63) is 37.1 Å². The van der Waals surface area contributed by atoms with Gasteiger partial charge < -0.3 is 0 Å². The third-order valence-corrected chi connectivity index (χ3v) is 1.49. The summed E-state index contributed by atoms with van der Waals surface area (Å²) < 4.78 is 0. The van der Waals surface area contributed by atoms with E-state index in [-0.39, 0.29) is 0 Å². The number of nitrogens with one attached hydrogen (secondary N) is 1. The van der Waals surface area contributed by atoms with Crippen LogP contribution in [0.1, 0.15) is 0 Å². The molecular weight excluding hydrogens is 168 g/mol. The predicted octanol–water partition coefficient (Wildman–Crippen LogP) is 0.794. The molecule has 0 fully saturated rings. The minimum absolute atomic E-state index is 0.439. The number of hydrogen-bond donors (Lipinski definition) is 1. The summed E-state index contributed by atoms with van der Waals surface area (Å²) in [6, 6.07) is -0.439. The molecule has 1 aliphatic rings. The topological polar surface area (TPSA) is 49.4 Å². The lowest BCUT2D eigenvalue weighted by Gasteiger charge is -2.17. The van der Waals surface area contributed by atoms with Crippen LogP contribution in [0.5, 0.6) is 0 Å². The van der Waals surface area contributed by atoms with Crippen molar-refractivity contribution in [1.82, 2.24) is 10.2 Å². The van der Waals surface area contributed by atoms with Gasteiger partial charge in [-0.15, -0.1) is 0 Å². The number of carbonyl (C=O) groups is 2. The van der Waals surface area contributed by atoms with Crippen LogP contribution in [0, 0.1) is 0 Å². The first-order valence-electron chi connectivity index (χ1n) is 3.81. The van der Waals surface area contributed by atoms with Crippen molar-refractivity contribution in [2.24, 2.45) is 0 Å². The fourth-order valence-electron chi connectivity index (χ4n) is 0.846. The minimum Gasteiger partial charge on any atom is -0.297 e. The smallest absolute Gasteiger partial charge is 0.297 e. The zero-order valence-electron chi connectivity index (χ0n) is 7.06. The van der Waals surface area contributed by atoms with Crippen LogP contribution in [-0.4, -0.2) is 23.4 Å². The van der Waals surface area contributed by atoms with Crippen LogP contribution in [0.25, 0.3) is 0 Å². The Kier molecular flexibility index (Phi) is 3.03. The van der Waals surface area contributed by atoms with Gasteiger partial charge in [0.1, 0.15) is 0 Å². The number of urea groups is 1. The van der Waals surface area contributed by atoms with E-state index in [1.165, 1.54) is 4.90 Å². The van der Waals surface area contributed by atoms with Crippen LogP contribution < -0.4 is 5.32 Å². The molecule has 0 spiro atoms. The Bertz CT molecular complexity index is 292. The largest absolute Gasteiger partial charge is 0.328 e. The van der Waals surface area contributed by atoms with E-state index in [2.05, 4.69) is 11.9 Å². The van der Waals surface area contributed by atoms with E-state index in [0.717, 1.165) is 6.08 Å². The van der Waals surface area contributed by atoms with E-state index in [1.54, 1.807) is 12.3 Å². The van der Waals surface area contributed by atoms with Gasteiger partial charge in [0.2, 0.25) is 0 Å². The van der Waals surface area contributed by atoms with Gasteiger partial charge in [-0.3, -0.25) is 15.0 Å². The summed E-state index contributed by atoms with van der Waals surface area (Å²) >= 11 is 0. The van der Waals surface area contributed by atoms with Gasteiger partial charge in [-0.25, -0.2) is 4.79 Å². The molecule has 68 valence electrons. The third kappa shape index (κ3) is 2.59. The zero-order valence-corrected chi connectivity index (χ0v) is 7.06. The van der Waals surface area contributed by atoms with Gasteiger partial charge in [-0.05, 0) is 12.2 Å². The standard InChI is InChI=1S/C9H10N2O2/c1-2-8(12)10-9(13)11-6-4-3-5-7-11/h2-6H,1,7H2,(H,10,12,13). The van der Waals surface area contributed by atoms with Gasteiger partial charge in [0.15, 0.2) is 0 Å². The predicted molar refractivity (Wildman–Crippen MR) is 48.7 cm³/mol. The van der Waals surface area contributed by atoms with E-state index >= 15 is 0 Å². The normalized spacial score (nSPS) is 14.0. The van der Waals surface area contributed by atoms with E-state index in [1.807, 2.05) is 12.2 Å². The average molecular weight is 178 g/mol. The second-order valence-corrected chi connectivity index (χ2v) is 2.42. The Hall–Kier alpha value is -1.84. The second-order valence-electron chi connectivity index (χ2n) is 2.42. The van der Waals surface area contributed by atoms with Gasteiger partial charge in [0, 0.05) is 12.7 Å². The Morgan fingerprint density at radius 2 is 2.23 bits per heavy atom. The number of rotatable bonds is 1. The Morgan fingerprint density at radius 1 is 1.46 bits per heavy atom. The maximum Gasteiger partial charge on any atom is 0.328 e. The molecule has 0 saturated heterocycles. The van der Waals surface area contributed by atoms with Crippen LogP contribution in [0.3, 0.4) is 0 Å². The summed E-state index contributed by atoms with van der Waals surface area (Å²) in [6.45, 7) is 3.72. The maximum absolute atomic E-state index is 11.2. The first-order chi connectivity index (χ1) is 6.24. The highest BCUT2D eigenvalue weighted by Crippen LogP contribution is 1.98. The first-order valence-corrected chi connectivity index (χ1v) is 3.81. The van der Waals surface area contributed by atoms with Crippen molar-refractivity contribution in [2.45, 2.75) is 0 Å². The quantitative estimate of drug-likeness (QED) is 0.603. The highest BCUT2D eigenvalue weighted by Gasteiger charge is 2.11. The highest BCUT2D eigenvalue weighted by atomic mass is 16.2. The molecule has 1 rings (SSSR count). The molecular formula is C9H10N2O2. The van der Waals surface area contributed by atoms with Crippen LogP contribution in [0.2, 0.25) is 0 Å². The molecule has 3 amide bonds. The molecule has 1 N–H and O–H groups in total. The lowest BCUT2D eigenvalue weighted by atomic mass is 10.4. The summed E-state index contributed by atoms with van der Waals surface area (Å²) in [5.41, 5.74) is 0. The molecule has 0 bridgehead atoms. The van der Waals surface area contributed by atoms with Crippen LogP contribution in [0.4, 0.5) is 4.79 Å². The zero-order chi connectivity index (χ0) is 9.68. The summed E-state index contributed by atoms with van der Waals surface area (Å²) in [5, 5.41) is 2.14. The summed E-state index contributed by atoms with van der Waals surface area (Å²) in [4.78, 5) is 23.4. The molecule has 0 atom stereocenters. The third-order valence-electron chi connectivity index (χ3n) is 1.49. The molecule has 1 aliphatic heterocycles. The van der Waals surface area contributed by atoms with E-state index < -0.39 is 11.9 Å². The number of allylic oxidation sites excluding steroid dienone is 2. The van der Waals surface area contributed by atoms with E-state index in [0.29, 0.717) is 6.54 Å². The van der Waals surface area contributed by atoms with Gasteiger partial charge in [0.25, 0.3) is 5.91 Å². The first kappa shape index (κ1) is 9.25. The molecule has 1 heterocycles. The Balaban J connectivity index is 2.48. The molecule has 4 heteroatoms. The number of hydrogen-bond acceptors (Lipinski definition) is 2. The number of imide groups is 1. The van der Waals surface area contributed by atoms with Gasteiger partial charge in [-0.1, -0.05) is 18.7 Å². The highest BCUT2D eigenvalue weighted by molar-refractivity contribution is 6.00. The SMILES string of the molecule is C=CC(=O)NC(=O)N1C=CC=CC1. The van der Waals surface area contributed by atoms with Crippen molar-refractivity contribution in [2.75, 3.05) is 6.54 Å².